The number of benzene rings is 1. The number of nitrogens with zero attached hydrogens (tertiary/aromatic N) is 7. The Labute approximate surface area is 196 Å². The molecule has 2 aromatic heterocycles. The first-order valence-corrected chi connectivity index (χ1v) is 10.8. The van der Waals surface area contributed by atoms with Crippen LogP contribution in [0.1, 0.15) is 35.4 Å². The number of pyridine rings is 1. The number of aliphatic imine (C=N–C) groups is 1. The van der Waals surface area contributed by atoms with Gasteiger partial charge in [0.25, 0.3) is 0 Å². The van der Waals surface area contributed by atoms with Gasteiger partial charge in [-0.1, -0.05) is 18.2 Å². The van der Waals surface area contributed by atoms with E-state index in [-0.39, 0.29) is 29.6 Å². The van der Waals surface area contributed by atoms with E-state index in [0.29, 0.717) is 16.7 Å². The Morgan fingerprint density at radius 2 is 1.94 bits per heavy atom. The molecule has 1 aromatic carbocycles. The van der Waals surface area contributed by atoms with E-state index in [2.05, 4.69) is 36.0 Å². The van der Waals surface area contributed by atoms with E-state index in [1.165, 1.54) is 6.21 Å². The summed E-state index contributed by atoms with van der Waals surface area (Å²) in [6.07, 6.45) is 3.67. The van der Waals surface area contributed by atoms with Gasteiger partial charge in [-0.25, -0.2) is 19.3 Å². The minimum Gasteiger partial charge on any atom is -0.381 e. The molecule has 0 saturated carbocycles. The van der Waals surface area contributed by atoms with Crippen molar-refractivity contribution in [2.45, 2.75) is 26.3 Å². The minimum atomic E-state index is -0.845. The van der Waals surface area contributed by atoms with Crippen LogP contribution in [0.15, 0.2) is 46.5 Å². The zero-order valence-electron chi connectivity index (χ0n) is 18.7. The SMILES string of the molecule is Cc1c(C#N)cccc1-c1nc(N)c(F)c(C(C=NCc2cccc(N3CCCC3)n2)=NN)n1. The lowest BCUT2D eigenvalue weighted by molar-refractivity contribution is 0.617. The molecule has 0 spiro atoms. The third-order valence-electron chi connectivity index (χ3n) is 5.64. The highest BCUT2D eigenvalue weighted by molar-refractivity contribution is 6.37. The van der Waals surface area contributed by atoms with Crippen LogP contribution in [0.2, 0.25) is 0 Å². The lowest BCUT2D eigenvalue weighted by Crippen LogP contribution is -2.19. The number of hydrogen-bond donors (Lipinski definition) is 2. The lowest BCUT2D eigenvalue weighted by Gasteiger charge is -2.16. The summed E-state index contributed by atoms with van der Waals surface area (Å²) in [4.78, 5) is 19.6. The second kappa shape index (κ2) is 10.0. The fraction of sp³-hybridized carbons (Fsp3) is 0.250. The highest BCUT2D eigenvalue weighted by Crippen LogP contribution is 2.25. The summed E-state index contributed by atoms with van der Waals surface area (Å²) >= 11 is 0. The molecule has 0 radical (unpaired) electrons. The van der Waals surface area contributed by atoms with Gasteiger partial charge in [0, 0.05) is 18.7 Å². The van der Waals surface area contributed by atoms with E-state index < -0.39 is 5.82 Å². The number of anilines is 2. The van der Waals surface area contributed by atoms with E-state index in [1.54, 1.807) is 25.1 Å². The predicted octanol–water partition coefficient (Wildman–Crippen LogP) is 2.97. The largest absolute Gasteiger partial charge is 0.381 e. The van der Waals surface area contributed by atoms with Gasteiger partial charge in [0.1, 0.15) is 17.2 Å². The van der Waals surface area contributed by atoms with Gasteiger partial charge in [-0.3, -0.25) is 4.99 Å². The second-order valence-electron chi connectivity index (χ2n) is 7.85. The molecule has 0 aliphatic carbocycles. The van der Waals surface area contributed by atoms with Gasteiger partial charge in [0.05, 0.1) is 30.1 Å². The number of nitriles is 1. The van der Waals surface area contributed by atoms with Crippen LogP contribution in [-0.2, 0) is 6.54 Å². The molecular formula is C24H24FN9. The molecule has 3 heterocycles. The standard InChI is InChI=1S/C24H24FN9/c1-15-16(12-26)6-4-8-18(15)24-31-22(21(25)23(27)32-24)19(33-28)14-29-13-17-7-5-9-20(30-17)34-10-2-3-11-34/h4-9,14H,2-3,10-11,13,28H2,1H3,(H2,27,31,32). The molecule has 4 N–H and O–H groups in total. The van der Waals surface area contributed by atoms with Crippen molar-refractivity contribution >= 4 is 23.6 Å². The Balaban J connectivity index is 1.60. The summed E-state index contributed by atoms with van der Waals surface area (Å²) in [6, 6.07) is 13.0. The maximum atomic E-state index is 14.8. The van der Waals surface area contributed by atoms with Gasteiger partial charge in [-0.2, -0.15) is 10.4 Å². The number of nitrogens with two attached hydrogens (primary N) is 2. The first-order valence-electron chi connectivity index (χ1n) is 10.8. The van der Waals surface area contributed by atoms with Gasteiger partial charge in [0.2, 0.25) is 0 Å². The van der Waals surface area contributed by atoms with Crippen molar-refractivity contribution in [3.63, 3.8) is 0 Å². The lowest BCUT2D eigenvalue weighted by atomic mass is 10.0. The Morgan fingerprint density at radius 3 is 2.68 bits per heavy atom. The van der Waals surface area contributed by atoms with Crippen molar-refractivity contribution in [2.24, 2.45) is 15.9 Å². The molecule has 34 heavy (non-hydrogen) atoms. The van der Waals surface area contributed by atoms with E-state index in [4.69, 9.17) is 11.6 Å². The fourth-order valence-corrected chi connectivity index (χ4v) is 3.81. The quantitative estimate of drug-likeness (QED) is 0.329. The van der Waals surface area contributed by atoms with E-state index >= 15 is 0 Å². The van der Waals surface area contributed by atoms with Gasteiger partial charge in [-0.05, 0) is 43.5 Å². The van der Waals surface area contributed by atoms with Crippen molar-refractivity contribution in [3.8, 4) is 17.5 Å². The van der Waals surface area contributed by atoms with Crippen molar-refractivity contribution < 1.29 is 4.39 Å². The number of halogens is 1. The number of aromatic nitrogens is 3. The van der Waals surface area contributed by atoms with Crippen LogP contribution in [0.4, 0.5) is 16.0 Å². The fourth-order valence-electron chi connectivity index (χ4n) is 3.81. The van der Waals surface area contributed by atoms with Crippen molar-refractivity contribution in [1.29, 1.82) is 5.26 Å². The van der Waals surface area contributed by atoms with Crippen LogP contribution in [-0.4, -0.2) is 40.0 Å². The van der Waals surface area contributed by atoms with Crippen LogP contribution in [0, 0.1) is 24.1 Å². The maximum absolute atomic E-state index is 14.8. The average molecular weight is 458 g/mol. The highest BCUT2D eigenvalue weighted by Gasteiger charge is 2.19. The van der Waals surface area contributed by atoms with Crippen molar-refractivity contribution in [2.75, 3.05) is 23.7 Å². The van der Waals surface area contributed by atoms with Crippen LogP contribution in [0.25, 0.3) is 11.4 Å². The normalized spacial score (nSPS) is 14.0. The zero-order chi connectivity index (χ0) is 24.1. The molecule has 1 saturated heterocycles. The summed E-state index contributed by atoms with van der Waals surface area (Å²) in [5.74, 6) is 5.43. The third kappa shape index (κ3) is 4.68. The average Bonchev–Trinajstić information content (AvgIpc) is 3.39. The number of hydrogen-bond acceptors (Lipinski definition) is 9. The monoisotopic (exact) mass is 457 g/mol. The molecular weight excluding hydrogens is 433 g/mol. The number of hydrazone groups is 1. The molecule has 0 amide bonds. The molecule has 10 heteroatoms. The summed E-state index contributed by atoms with van der Waals surface area (Å²) in [5, 5.41) is 13.0. The van der Waals surface area contributed by atoms with E-state index in [1.807, 2.05) is 18.2 Å². The molecule has 1 aliphatic rings. The van der Waals surface area contributed by atoms with Crippen LogP contribution in [0.3, 0.4) is 0 Å². The molecule has 1 aliphatic heterocycles. The second-order valence-corrected chi connectivity index (χ2v) is 7.85. The Kier molecular flexibility index (Phi) is 6.73. The zero-order valence-corrected chi connectivity index (χ0v) is 18.7. The first kappa shape index (κ1) is 22.8. The van der Waals surface area contributed by atoms with E-state index in [9.17, 15) is 9.65 Å². The van der Waals surface area contributed by atoms with Crippen LogP contribution < -0.4 is 16.5 Å². The third-order valence-corrected chi connectivity index (χ3v) is 5.64. The predicted molar refractivity (Wildman–Crippen MR) is 130 cm³/mol. The van der Waals surface area contributed by atoms with Crippen LogP contribution >= 0.6 is 0 Å². The maximum Gasteiger partial charge on any atom is 0.193 e. The first-order chi connectivity index (χ1) is 16.5. The summed E-state index contributed by atoms with van der Waals surface area (Å²) in [6.45, 7) is 4.02. The Hall–Kier alpha value is -4.39. The van der Waals surface area contributed by atoms with Gasteiger partial charge >= 0.3 is 0 Å². The topological polar surface area (TPSA) is 142 Å². The Bertz CT molecular complexity index is 1300. The van der Waals surface area contributed by atoms with Crippen LogP contribution in [0.5, 0.6) is 0 Å². The highest BCUT2D eigenvalue weighted by atomic mass is 19.1. The molecule has 0 bridgehead atoms. The van der Waals surface area contributed by atoms with Crippen molar-refractivity contribution in [3.05, 3.63) is 64.7 Å². The molecule has 9 nitrogen and oxygen atoms in total. The molecule has 172 valence electrons. The number of nitrogen functional groups attached to an aromatic ring is 1. The number of rotatable bonds is 6. The minimum absolute atomic E-state index is 0.0117. The Morgan fingerprint density at radius 1 is 1.18 bits per heavy atom. The molecule has 0 atom stereocenters. The van der Waals surface area contributed by atoms with Gasteiger partial charge < -0.3 is 16.5 Å². The smallest absolute Gasteiger partial charge is 0.193 e. The molecule has 0 unspecified atom stereocenters. The molecule has 1 fully saturated rings. The van der Waals surface area contributed by atoms with E-state index in [0.717, 1.165) is 37.4 Å². The summed E-state index contributed by atoms with van der Waals surface area (Å²) < 4.78 is 14.8. The van der Waals surface area contributed by atoms with Crippen molar-refractivity contribution in [1.82, 2.24) is 15.0 Å². The summed E-state index contributed by atoms with van der Waals surface area (Å²) in [5.41, 5.74) is 8.11. The van der Waals surface area contributed by atoms with Gasteiger partial charge in [0.15, 0.2) is 17.5 Å². The molecule has 4 rings (SSSR count). The summed E-state index contributed by atoms with van der Waals surface area (Å²) in [7, 11) is 0. The van der Waals surface area contributed by atoms with Gasteiger partial charge in [-0.15, -0.1) is 0 Å². The molecule has 3 aromatic rings.